The van der Waals surface area contributed by atoms with E-state index in [0.29, 0.717) is 0 Å². The number of carbonyl (C=O) groups excluding carboxylic acids is 1. The van der Waals surface area contributed by atoms with Crippen molar-refractivity contribution in [2.24, 2.45) is 5.92 Å². The summed E-state index contributed by atoms with van der Waals surface area (Å²) in [6, 6.07) is 5.88. The van der Waals surface area contributed by atoms with Crippen LogP contribution in [0.3, 0.4) is 0 Å². The van der Waals surface area contributed by atoms with Crippen LogP contribution in [0.25, 0.3) is 0 Å². The number of hydrogen-bond acceptors (Lipinski definition) is 3. The van der Waals surface area contributed by atoms with Crippen LogP contribution >= 0.6 is 27.3 Å². The number of rotatable bonds is 2. The summed E-state index contributed by atoms with van der Waals surface area (Å²) in [4.78, 5) is 18.0. The number of halogens is 1. The van der Waals surface area contributed by atoms with Crippen LogP contribution < -0.4 is 5.32 Å². The lowest BCUT2D eigenvalue weighted by Crippen LogP contribution is -2.27. The SMILES string of the molecule is Cc1cc(NC(=O)C2CCc3ncsc3C2)ccc1Br. The van der Waals surface area contributed by atoms with Gasteiger partial charge in [0.1, 0.15) is 0 Å². The highest BCUT2D eigenvalue weighted by atomic mass is 79.9. The Bertz CT molecular complexity index is 653. The molecule has 0 spiro atoms. The number of fused-ring (bicyclic) bond motifs is 1. The highest BCUT2D eigenvalue weighted by Gasteiger charge is 2.26. The standard InChI is InChI=1S/C15H15BrN2OS/c1-9-6-11(3-4-12(9)16)18-15(19)10-2-5-13-14(7-10)20-8-17-13/h3-4,6,8,10H,2,5,7H2,1H3,(H,18,19). The molecule has 1 aromatic carbocycles. The van der Waals surface area contributed by atoms with Crippen molar-refractivity contribution in [2.75, 3.05) is 5.32 Å². The predicted octanol–water partition coefficient (Wildman–Crippen LogP) is 3.96. The van der Waals surface area contributed by atoms with Gasteiger partial charge in [0.2, 0.25) is 5.91 Å². The molecule has 0 fully saturated rings. The summed E-state index contributed by atoms with van der Waals surface area (Å²) in [7, 11) is 0. The van der Waals surface area contributed by atoms with Gasteiger partial charge in [-0.05, 0) is 49.9 Å². The number of carbonyl (C=O) groups is 1. The average Bonchev–Trinajstić information content (AvgIpc) is 2.90. The van der Waals surface area contributed by atoms with Crippen LogP contribution in [0.15, 0.2) is 28.2 Å². The first-order valence-corrected chi connectivity index (χ1v) is 8.29. The van der Waals surface area contributed by atoms with E-state index in [1.807, 2.05) is 30.6 Å². The van der Waals surface area contributed by atoms with Crippen LogP contribution in [-0.4, -0.2) is 10.9 Å². The Balaban J connectivity index is 1.69. The molecule has 0 bridgehead atoms. The molecule has 5 heteroatoms. The molecule has 2 aromatic rings. The highest BCUT2D eigenvalue weighted by Crippen LogP contribution is 2.29. The van der Waals surface area contributed by atoms with Crippen LogP contribution in [0.2, 0.25) is 0 Å². The minimum Gasteiger partial charge on any atom is -0.326 e. The van der Waals surface area contributed by atoms with Crippen molar-refractivity contribution in [1.29, 1.82) is 0 Å². The number of aromatic nitrogens is 1. The molecule has 0 saturated heterocycles. The van der Waals surface area contributed by atoms with Crippen molar-refractivity contribution >= 4 is 38.9 Å². The van der Waals surface area contributed by atoms with Gasteiger partial charge in [0.15, 0.2) is 0 Å². The molecule has 1 aliphatic rings. The van der Waals surface area contributed by atoms with Gasteiger partial charge in [0.25, 0.3) is 0 Å². The molecule has 1 N–H and O–H groups in total. The number of nitrogens with one attached hydrogen (secondary N) is 1. The first kappa shape index (κ1) is 13.8. The van der Waals surface area contributed by atoms with Crippen LogP contribution in [0.1, 0.15) is 22.6 Å². The highest BCUT2D eigenvalue weighted by molar-refractivity contribution is 9.10. The number of anilines is 1. The fourth-order valence-electron chi connectivity index (χ4n) is 2.49. The first-order valence-electron chi connectivity index (χ1n) is 6.62. The number of hydrogen-bond donors (Lipinski definition) is 1. The molecule has 3 nitrogen and oxygen atoms in total. The largest absolute Gasteiger partial charge is 0.326 e. The first-order chi connectivity index (χ1) is 9.63. The van der Waals surface area contributed by atoms with Crippen LogP contribution in [0, 0.1) is 12.8 Å². The van der Waals surface area contributed by atoms with Gasteiger partial charge in [0, 0.05) is 21.0 Å². The fraction of sp³-hybridized carbons (Fsp3) is 0.333. The maximum Gasteiger partial charge on any atom is 0.227 e. The maximum absolute atomic E-state index is 12.4. The lowest BCUT2D eigenvalue weighted by atomic mass is 9.90. The molecule has 1 aliphatic carbocycles. The third-order valence-electron chi connectivity index (χ3n) is 3.68. The van der Waals surface area contributed by atoms with E-state index in [1.165, 1.54) is 10.6 Å². The lowest BCUT2D eigenvalue weighted by molar-refractivity contribution is -0.120. The average molecular weight is 351 g/mol. The summed E-state index contributed by atoms with van der Waals surface area (Å²) in [6.07, 6.45) is 2.62. The monoisotopic (exact) mass is 350 g/mol. The van der Waals surface area contributed by atoms with Gasteiger partial charge in [-0.2, -0.15) is 0 Å². The van der Waals surface area contributed by atoms with Crippen molar-refractivity contribution in [2.45, 2.75) is 26.2 Å². The van der Waals surface area contributed by atoms with Gasteiger partial charge >= 0.3 is 0 Å². The maximum atomic E-state index is 12.4. The van der Waals surface area contributed by atoms with E-state index in [0.717, 1.165) is 35.0 Å². The molecule has 1 aromatic heterocycles. The second-order valence-corrected chi connectivity index (χ2v) is 6.91. The Morgan fingerprint density at radius 2 is 2.35 bits per heavy atom. The summed E-state index contributed by atoms with van der Waals surface area (Å²) < 4.78 is 1.06. The number of benzene rings is 1. The second-order valence-electron chi connectivity index (χ2n) is 5.12. The molecule has 104 valence electrons. The molecular formula is C15H15BrN2OS. The third-order valence-corrected chi connectivity index (χ3v) is 5.47. The Hall–Kier alpha value is -1.20. The zero-order chi connectivity index (χ0) is 14.1. The third kappa shape index (κ3) is 2.79. The molecule has 0 aliphatic heterocycles. The molecule has 1 heterocycles. The molecule has 20 heavy (non-hydrogen) atoms. The van der Waals surface area contributed by atoms with E-state index in [4.69, 9.17) is 0 Å². The van der Waals surface area contributed by atoms with Crippen molar-refractivity contribution in [3.8, 4) is 0 Å². The lowest BCUT2D eigenvalue weighted by Gasteiger charge is -2.20. The number of thiazole rings is 1. The van der Waals surface area contributed by atoms with Crippen molar-refractivity contribution in [1.82, 2.24) is 4.98 Å². The van der Waals surface area contributed by atoms with Crippen LogP contribution in [0.5, 0.6) is 0 Å². The summed E-state index contributed by atoms with van der Waals surface area (Å²) in [5.41, 5.74) is 5.05. The van der Waals surface area contributed by atoms with Crippen LogP contribution in [0.4, 0.5) is 5.69 Å². The van der Waals surface area contributed by atoms with Crippen LogP contribution in [-0.2, 0) is 17.6 Å². The van der Waals surface area contributed by atoms with E-state index in [2.05, 4.69) is 26.2 Å². The topological polar surface area (TPSA) is 42.0 Å². The van der Waals surface area contributed by atoms with Gasteiger partial charge in [-0.3, -0.25) is 4.79 Å². The van der Waals surface area contributed by atoms with E-state index in [1.54, 1.807) is 11.3 Å². The van der Waals surface area contributed by atoms with E-state index in [-0.39, 0.29) is 11.8 Å². The van der Waals surface area contributed by atoms with E-state index < -0.39 is 0 Å². The molecule has 1 amide bonds. The molecule has 0 saturated carbocycles. The summed E-state index contributed by atoms with van der Waals surface area (Å²) >= 11 is 5.13. The van der Waals surface area contributed by atoms with Gasteiger partial charge < -0.3 is 5.32 Å². The zero-order valence-corrected chi connectivity index (χ0v) is 13.6. The molecule has 3 rings (SSSR count). The minimum atomic E-state index is 0.0619. The number of amides is 1. The molecule has 1 unspecified atom stereocenters. The van der Waals surface area contributed by atoms with Crippen molar-refractivity contribution in [3.63, 3.8) is 0 Å². The number of nitrogens with zero attached hydrogens (tertiary/aromatic N) is 1. The van der Waals surface area contributed by atoms with Gasteiger partial charge in [-0.25, -0.2) is 4.98 Å². The van der Waals surface area contributed by atoms with E-state index in [9.17, 15) is 4.79 Å². The molecule has 1 atom stereocenters. The Kier molecular flexibility index (Phi) is 3.89. The van der Waals surface area contributed by atoms with Gasteiger partial charge in [0.05, 0.1) is 11.2 Å². The quantitative estimate of drug-likeness (QED) is 0.890. The summed E-state index contributed by atoms with van der Waals surface area (Å²) in [5.74, 6) is 0.178. The van der Waals surface area contributed by atoms with Crippen molar-refractivity contribution < 1.29 is 4.79 Å². The smallest absolute Gasteiger partial charge is 0.227 e. The minimum absolute atomic E-state index is 0.0619. The summed E-state index contributed by atoms with van der Waals surface area (Å²) in [5, 5.41) is 3.03. The molecule has 0 radical (unpaired) electrons. The Labute approximate surface area is 130 Å². The molecular weight excluding hydrogens is 336 g/mol. The Morgan fingerprint density at radius 3 is 3.15 bits per heavy atom. The van der Waals surface area contributed by atoms with E-state index >= 15 is 0 Å². The predicted molar refractivity (Wildman–Crippen MR) is 85.1 cm³/mol. The van der Waals surface area contributed by atoms with Gasteiger partial charge in [-0.15, -0.1) is 11.3 Å². The number of aryl methyl sites for hydroxylation is 2. The van der Waals surface area contributed by atoms with Crippen molar-refractivity contribution in [3.05, 3.63) is 44.3 Å². The zero-order valence-electron chi connectivity index (χ0n) is 11.1. The normalized spacial score (nSPS) is 17.6. The fourth-order valence-corrected chi connectivity index (χ4v) is 3.63. The van der Waals surface area contributed by atoms with Gasteiger partial charge in [-0.1, -0.05) is 15.9 Å². The second kappa shape index (κ2) is 5.66. The Morgan fingerprint density at radius 1 is 1.50 bits per heavy atom. The summed E-state index contributed by atoms with van der Waals surface area (Å²) in [6.45, 7) is 2.02.